The molecule has 0 aromatic heterocycles. The SMILES string of the molecule is CC/C=C/C/C=C/C/C=C/C/C=C/C/C=C/CCCCCCCCCC(=O)OC(COCCC(C(=O)O)[N+](C)(C)C)COC(=O)CCCC/C=C/C/C=C/CC. The highest BCUT2D eigenvalue weighted by Crippen LogP contribution is 2.13. The van der Waals surface area contributed by atoms with Gasteiger partial charge in [-0.15, -0.1) is 0 Å². The lowest BCUT2D eigenvalue weighted by Crippen LogP contribution is -2.50. The molecule has 8 heteroatoms. The fraction of sp³-hybridized carbons (Fsp3) is 0.646. The monoisotopic (exact) mass is 783 g/mol. The zero-order valence-electron chi connectivity index (χ0n) is 36.1. The van der Waals surface area contributed by atoms with Crippen LogP contribution in [0.2, 0.25) is 0 Å². The number of carbonyl (C=O) groups excluding carboxylic acids is 2. The predicted molar refractivity (Wildman–Crippen MR) is 233 cm³/mol. The number of aliphatic carboxylic acids is 1. The van der Waals surface area contributed by atoms with E-state index in [1.165, 1.54) is 19.3 Å². The van der Waals surface area contributed by atoms with E-state index in [2.05, 4.69) is 98.9 Å². The number of carboxylic acids is 1. The van der Waals surface area contributed by atoms with Gasteiger partial charge in [0.25, 0.3) is 0 Å². The Morgan fingerprint density at radius 3 is 1.43 bits per heavy atom. The molecule has 0 saturated heterocycles. The molecule has 2 unspecified atom stereocenters. The Labute approximate surface area is 342 Å². The van der Waals surface area contributed by atoms with Gasteiger partial charge in [-0.1, -0.05) is 131 Å². The van der Waals surface area contributed by atoms with Gasteiger partial charge in [-0.25, -0.2) is 4.79 Å². The Hall–Kier alpha value is -3.49. The summed E-state index contributed by atoms with van der Waals surface area (Å²) < 4.78 is 17.2. The Kier molecular flexibility index (Phi) is 36.0. The smallest absolute Gasteiger partial charge is 0.362 e. The van der Waals surface area contributed by atoms with Crippen molar-refractivity contribution in [1.82, 2.24) is 0 Å². The highest BCUT2D eigenvalue weighted by molar-refractivity contribution is 5.72. The standard InChI is InChI=1S/C48H79NO7/c1-6-8-10-12-14-16-17-18-19-20-21-22-23-24-25-26-27-28-29-31-33-35-37-39-47(51)56-44(42-54-41-40-45(48(52)53)49(3,4)5)43-55-46(50)38-36-34-32-30-15-13-11-9-7-2/h8-11,14-16,18-19,21-22,24-25,30,44-45H,6-7,12-13,17,20,23,26-29,31-43H2,1-5H3/p+1/b10-8+,11-9+,16-14+,19-18+,22-21+,25-24+,30-15+. The molecule has 0 fully saturated rings. The molecule has 56 heavy (non-hydrogen) atoms. The van der Waals surface area contributed by atoms with Crippen LogP contribution in [0.3, 0.4) is 0 Å². The van der Waals surface area contributed by atoms with Crippen LogP contribution in [0.1, 0.15) is 149 Å². The van der Waals surface area contributed by atoms with Crippen LogP contribution in [0.25, 0.3) is 0 Å². The first-order chi connectivity index (χ1) is 27.1. The molecule has 0 aliphatic carbocycles. The maximum Gasteiger partial charge on any atom is 0.362 e. The molecule has 0 radical (unpaired) electrons. The second-order valence-corrected chi connectivity index (χ2v) is 15.2. The zero-order chi connectivity index (χ0) is 41.4. The minimum atomic E-state index is -0.886. The Bertz CT molecular complexity index is 1190. The number of allylic oxidation sites excluding steroid dienone is 14. The zero-order valence-corrected chi connectivity index (χ0v) is 36.1. The summed E-state index contributed by atoms with van der Waals surface area (Å²) in [6.45, 7) is 4.42. The van der Waals surface area contributed by atoms with E-state index in [1.807, 2.05) is 21.1 Å². The van der Waals surface area contributed by atoms with E-state index in [1.54, 1.807) is 0 Å². The molecule has 2 atom stereocenters. The lowest BCUT2D eigenvalue weighted by atomic mass is 10.1. The van der Waals surface area contributed by atoms with Crippen molar-refractivity contribution in [2.24, 2.45) is 0 Å². The van der Waals surface area contributed by atoms with E-state index in [0.717, 1.165) is 96.3 Å². The lowest BCUT2D eigenvalue weighted by Gasteiger charge is -2.31. The number of hydrogen-bond acceptors (Lipinski definition) is 6. The summed E-state index contributed by atoms with van der Waals surface area (Å²) in [5.41, 5.74) is 0. The number of nitrogens with zero attached hydrogens (tertiary/aromatic N) is 1. The highest BCUT2D eigenvalue weighted by atomic mass is 16.6. The summed E-state index contributed by atoms with van der Waals surface area (Å²) in [5, 5.41) is 9.60. The van der Waals surface area contributed by atoms with Gasteiger partial charge in [0, 0.05) is 19.3 Å². The van der Waals surface area contributed by atoms with Crippen molar-refractivity contribution in [1.29, 1.82) is 0 Å². The predicted octanol–water partition coefficient (Wildman–Crippen LogP) is 11.7. The summed E-state index contributed by atoms with van der Waals surface area (Å²) in [7, 11) is 5.50. The normalized spacial score (nSPS) is 13.8. The van der Waals surface area contributed by atoms with Crippen LogP contribution in [-0.4, -0.2) is 80.6 Å². The largest absolute Gasteiger partial charge is 0.477 e. The van der Waals surface area contributed by atoms with Crippen molar-refractivity contribution in [3.63, 3.8) is 0 Å². The van der Waals surface area contributed by atoms with Gasteiger partial charge in [0.05, 0.1) is 34.4 Å². The average molecular weight is 783 g/mol. The minimum absolute atomic E-state index is 0.0411. The molecule has 8 nitrogen and oxygen atoms in total. The number of carboxylic acid groups (broad SMARTS) is 1. The molecule has 1 N–H and O–H groups in total. The Morgan fingerprint density at radius 2 is 0.946 bits per heavy atom. The molecule has 318 valence electrons. The van der Waals surface area contributed by atoms with Crippen molar-refractivity contribution in [3.8, 4) is 0 Å². The quantitative estimate of drug-likeness (QED) is 0.0290. The van der Waals surface area contributed by atoms with Crippen LogP contribution in [0, 0.1) is 0 Å². The maximum atomic E-state index is 12.7. The molecule has 0 saturated carbocycles. The highest BCUT2D eigenvalue weighted by Gasteiger charge is 2.31. The van der Waals surface area contributed by atoms with Crippen molar-refractivity contribution in [3.05, 3.63) is 85.1 Å². The van der Waals surface area contributed by atoms with Crippen LogP contribution in [0.4, 0.5) is 0 Å². The molecule has 0 aliphatic heterocycles. The van der Waals surface area contributed by atoms with Gasteiger partial charge < -0.3 is 23.8 Å². The number of unbranched alkanes of at least 4 members (excludes halogenated alkanes) is 9. The number of ether oxygens (including phenoxy) is 3. The van der Waals surface area contributed by atoms with Crippen molar-refractivity contribution in [2.45, 2.75) is 161 Å². The molecular formula is C48H80NO7+. The van der Waals surface area contributed by atoms with Crippen molar-refractivity contribution in [2.75, 3.05) is 41.0 Å². The number of rotatable bonds is 37. The first kappa shape index (κ1) is 52.5. The van der Waals surface area contributed by atoms with Gasteiger partial charge in [-0.05, 0) is 83.5 Å². The maximum absolute atomic E-state index is 12.7. The van der Waals surface area contributed by atoms with E-state index in [4.69, 9.17) is 14.2 Å². The van der Waals surface area contributed by atoms with Crippen LogP contribution >= 0.6 is 0 Å². The fourth-order valence-corrected chi connectivity index (χ4v) is 5.74. The summed E-state index contributed by atoms with van der Waals surface area (Å²) in [6.07, 6.45) is 49.3. The lowest BCUT2D eigenvalue weighted by molar-refractivity contribution is -0.887. The average Bonchev–Trinajstić information content (AvgIpc) is 3.15. The molecular weight excluding hydrogens is 703 g/mol. The minimum Gasteiger partial charge on any atom is -0.477 e. The van der Waals surface area contributed by atoms with Gasteiger partial charge >= 0.3 is 17.9 Å². The van der Waals surface area contributed by atoms with Gasteiger partial charge in [0.1, 0.15) is 6.61 Å². The third-order valence-corrected chi connectivity index (χ3v) is 9.04. The van der Waals surface area contributed by atoms with E-state index < -0.39 is 18.1 Å². The third kappa shape index (κ3) is 36.2. The van der Waals surface area contributed by atoms with Crippen LogP contribution < -0.4 is 0 Å². The first-order valence-electron chi connectivity index (χ1n) is 21.6. The van der Waals surface area contributed by atoms with Gasteiger partial charge in [-0.2, -0.15) is 0 Å². The molecule has 0 aliphatic rings. The Morgan fingerprint density at radius 1 is 0.536 bits per heavy atom. The second kappa shape index (κ2) is 38.4. The summed E-state index contributed by atoms with van der Waals surface area (Å²) in [5.74, 6) is -1.54. The van der Waals surface area contributed by atoms with Crippen molar-refractivity contribution >= 4 is 17.9 Å². The number of esters is 2. The van der Waals surface area contributed by atoms with Gasteiger partial charge in [-0.3, -0.25) is 9.59 Å². The fourth-order valence-electron chi connectivity index (χ4n) is 5.74. The summed E-state index contributed by atoms with van der Waals surface area (Å²) in [6, 6.07) is -0.625. The van der Waals surface area contributed by atoms with E-state index >= 15 is 0 Å². The van der Waals surface area contributed by atoms with E-state index in [-0.39, 0.29) is 36.2 Å². The van der Waals surface area contributed by atoms with Gasteiger partial charge in [0.15, 0.2) is 12.1 Å². The number of likely N-dealkylation sites (N-methyl/N-ethyl adjacent to an activating group) is 1. The number of quaternary nitrogens is 1. The second-order valence-electron chi connectivity index (χ2n) is 15.2. The summed E-state index contributed by atoms with van der Waals surface area (Å²) >= 11 is 0. The van der Waals surface area contributed by atoms with Crippen LogP contribution in [-0.2, 0) is 28.6 Å². The Balaban J connectivity index is 4.31. The topological polar surface area (TPSA) is 99.1 Å². The molecule has 0 amide bonds. The molecule has 0 heterocycles. The van der Waals surface area contributed by atoms with Crippen molar-refractivity contribution < 1.29 is 38.2 Å². The van der Waals surface area contributed by atoms with Gasteiger partial charge in [0.2, 0.25) is 0 Å². The molecule has 0 aromatic carbocycles. The molecule has 0 rings (SSSR count). The molecule has 0 aromatic rings. The first-order valence-corrected chi connectivity index (χ1v) is 21.6. The molecule has 0 spiro atoms. The van der Waals surface area contributed by atoms with E-state index in [9.17, 15) is 19.5 Å². The van der Waals surface area contributed by atoms with E-state index in [0.29, 0.717) is 19.3 Å². The summed E-state index contributed by atoms with van der Waals surface area (Å²) in [4.78, 5) is 36.8. The number of carbonyl (C=O) groups is 3. The number of hydrogen-bond donors (Lipinski definition) is 1. The van der Waals surface area contributed by atoms with Crippen LogP contribution in [0.5, 0.6) is 0 Å². The molecule has 0 bridgehead atoms. The third-order valence-electron chi connectivity index (χ3n) is 9.04. The van der Waals surface area contributed by atoms with Crippen LogP contribution in [0.15, 0.2) is 85.1 Å².